The Morgan fingerprint density at radius 2 is 2.06 bits per heavy atom. The van der Waals surface area contributed by atoms with Gasteiger partial charge in [-0.2, -0.15) is 0 Å². The SMILES string of the molecule is COC(CCc1ccccc1)CC(=O)CO. The van der Waals surface area contributed by atoms with Crippen molar-refractivity contribution in [2.75, 3.05) is 13.7 Å². The van der Waals surface area contributed by atoms with E-state index in [-0.39, 0.29) is 11.9 Å². The van der Waals surface area contributed by atoms with Gasteiger partial charge < -0.3 is 9.84 Å². The maximum Gasteiger partial charge on any atom is 0.160 e. The van der Waals surface area contributed by atoms with Crippen LogP contribution >= 0.6 is 0 Å². The standard InChI is InChI=1S/C13H18O3/c1-16-13(9-12(15)10-14)8-7-11-5-3-2-4-6-11/h2-6,13-14H,7-10H2,1H3. The van der Waals surface area contributed by atoms with Crippen LogP contribution in [0.15, 0.2) is 30.3 Å². The highest BCUT2D eigenvalue weighted by atomic mass is 16.5. The van der Waals surface area contributed by atoms with Gasteiger partial charge in [0.15, 0.2) is 5.78 Å². The molecule has 1 N–H and O–H groups in total. The Kier molecular flexibility index (Phi) is 5.75. The van der Waals surface area contributed by atoms with Crippen molar-refractivity contribution in [1.29, 1.82) is 0 Å². The number of rotatable bonds is 7. The summed E-state index contributed by atoms with van der Waals surface area (Å²) in [6, 6.07) is 10.1. The van der Waals surface area contributed by atoms with E-state index in [9.17, 15) is 4.79 Å². The summed E-state index contributed by atoms with van der Waals surface area (Å²) in [6.07, 6.45) is 1.88. The van der Waals surface area contributed by atoms with Gasteiger partial charge in [0.2, 0.25) is 0 Å². The summed E-state index contributed by atoms with van der Waals surface area (Å²) in [6.45, 7) is -0.398. The molecule has 0 aromatic heterocycles. The molecule has 0 saturated carbocycles. The fourth-order valence-corrected chi connectivity index (χ4v) is 1.59. The molecule has 0 spiro atoms. The lowest BCUT2D eigenvalue weighted by atomic mass is 10.0. The second-order valence-electron chi connectivity index (χ2n) is 3.78. The number of aliphatic hydroxyl groups excluding tert-OH is 1. The van der Waals surface area contributed by atoms with Gasteiger partial charge in [0, 0.05) is 13.5 Å². The Balaban J connectivity index is 2.37. The van der Waals surface area contributed by atoms with Crippen molar-refractivity contribution in [3.63, 3.8) is 0 Å². The van der Waals surface area contributed by atoms with Crippen LogP contribution in [-0.2, 0) is 16.0 Å². The van der Waals surface area contributed by atoms with Gasteiger partial charge in [0.1, 0.15) is 6.61 Å². The van der Waals surface area contributed by atoms with Crippen molar-refractivity contribution < 1.29 is 14.6 Å². The predicted octanol–water partition coefficient (Wildman–Crippen LogP) is 1.59. The quantitative estimate of drug-likeness (QED) is 0.762. The summed E-state index contributed by atoms with van der Waals surface area (Å²) < 4.78 is 5.21. The molecule has 16 heavy (non-hydrogen) atoms. The maximum atomic E-state index is 11.1. The van der Waals surface area contributed by atoms with Crippen LogP contribution in [0, 0.1) is 0 Å². The molecule has 1 aromatic rings. The molecule has 0 aliphatic rings. The first-order valence-corrected chi connectivity index (χ1v) is 5.45. The molecule has 0 amide bonds. The van der Waals surface area contributed by atoms with Crippen molar-refractivity contribution >= 4 is 5.78 Å². The van der Waals surface area contributed by atoms with Gasteiger partial charge in [-0.15, -0.1) is 0 Å². The fourth-order valence-electron chi connectivity index (χ4n) is 1.59. The third kappa shape index (κ3) is 4.55. The number of hydrogen-bond donors (Lipinski definition) is 1. The number of benzene rings is 1. The van der Waals surface area contributed by atoms with Crippen LogP contribution in [0.1, 0.15) is 18.4 Å². The lowest BCUT2D eigenvalue weighted by Gasteiger charge is -2.13. The topological polar surface area (TPSA) is 46.5 Å². The summed E-state index contributed by atoms with van der Waals surface area (Å²) in [5.74, 6) is -0.167. The van der Waals surface area contributed by atoms with Crippen molar-refractivity contribution in [3.8, 4) is 0 Å². The first-order chi connectivity index (χ1) is 7.76. The average Bonchev–Trinajstić information content (AvgIpc) is 2.35. The van der Waals surface area contributed by atoms with Gasteiger partial charge in [0.25, 0.3) is 0 Å². The average molecular weight is 222 g/mol. The van der Waals surface area contributed by atoms with Gasteiger partial charge in [-0.05, 0) is 18.4 Å². The van der Waals surface area contributed by atoms with Crippen LogP contribution in [-0.4, -0.2) is 30.7 Å². The van der Waals surface area contributed by atoms with Crippen LogP contribution in [0.5, 0.6) is 0 Å². The highest BCUT2D eigenvalue weighted by molar-refractivity contribution is 5.79. The summed E-state index contributed by atoms with van der Waals surface area (Å²) in [5.41, 5.74) is 1.24. The zero-order valence-corrected chi connectivity index (χ0v) is 9.56. The van der Waals surface area contributed by atoms with Crippen molar-refractivity contribution in [2.45, 2.75) is 25.4 Å². The minimum Gasteiger partial charge on any atom is -0.389 e. The molecule has 1 aromatic carbocycles. The predicted molar refractivity (Wildman–Crippen MR) is 62.3 cm³/mol. The summed E-state index contributed by atoms with van der Waals surface area (Å²) in [5, 5.41) is 8.66. The van der Waals surface area contributed by atoms with Gasteiger partial charge in [0.05, 0.1) is 6.10 Å². The van der Waals surface area contributed by atoms with E-state index < -0.39 is 6.61 Å². The molecular formula is C13H18O3. The Labute approximate surface area is 96.1 Å². The molecule has 88 valence electrons. The van der Waals surface area contributed by atoms with Gasteiger partial charge in [-0.1, -0.05) is 30.3 Å². The Morgan fingerprint density at radius 1 is 1.38 bits per heavy atom. The monoisotopic (exact) mass is 222 g/mol. The second-order valence-corrected chi connectivity index (χ2v) is 3.78. The number of aliphatic hydroxyl groups is 1. The largest absolute Gasteiger partial charge is 0.389 e. The Hall–Kier alpha value is -1.19. The van der Waals surface area contributed by atoms with E-state index in [1.807, 2.05) is 18.2 Å². The summed E-state index contributed by atoms with van der Waals surface area (Å²) in [4.78, 5) is 11.1. The van der Waals surface area contributed by atoms with E-state index in [0.717, 1.165) is 12.8 Å². The lowest BCUT2D eigenvalue weighted by molar-refractivity contribution is -0.124. The molecule has 0 fully saturated rings. The smallest absolute Gasteiger partial charge is 0.160 e. The van der Waals surface area contributed by atoms with E-state index in [2.05, 4.69) is 12.1 Å². The van der Waals surface area contributed by atoms with E-state index in [0.29, 0.717) is 6.42 Å². The summed E-state index contributed by atoms with van der Waals surface area (Å²) >= 11 is 0. The number of methoxy groups -OCH3 is 1. The molecular weight excluding hydrogens is 204 g/mol. The van der Waals surface area contributed by atoms with Crippen molar-refractivity contribution in [2.24, 2.45) is 0 Å². The van der Waals surface area contributed by atoms with Crippen molar-refractivity contribution in [1.82, 2.24) is 0 Å². The number of Topliss-reactive ketones (excluding diaryl/α,β-unsaturated/α-hetero) is 1. The lowest BCUT2D eigenvalue weighted by Crippen LogP contribution is -2.19. The normalized spacial score (nSPS) is 12.4. The molecule has 1 rings (SSSR count). The number of hydrogen-bond acceptors (Lipinski definition) is 3. The number of aryl methyl sites for hydroxylation is 1. The first-order valence-electron chi connectivity index (χ1n) is 5.45. The molecule has 0 aliphatic carbocycles. The van der Waals surface area contributed by atoms with Crippen LogP contribution in [0.25, 0.3) is 0 Å². The van der Waals surface area contributed by atoms with Crippen LogP contribution in [0.3, 0.4) is 0 Å². The first kappa shape index (κ1) is 12.9. The molecule has 0 radical (unpaired) electrons. The van der Waals surface area contributed by atoms with E-state index in [1.54, 1.807) is 7.11 Å². The third-order valence-corrected chi connectivity index (χ3v) is 2.56. The van der Waals surface area contributed by atoms with E-state index >= 15 is 0 Å². The minimum atomic E-state index is -0.398. The number of ether oxygens (including phenoxy) is 1. The minimum absolute atomic E-state index is 0.0974. The molecule has 0 heterocycles. The molecule has 0 saturated heterocycles. The number of carbonyl (C=O) groups excluding carboxylic acids is 1. The molecule has 1 atom stereocenters. The molecule has 0 aliphatic heterocycles. The highest BCUT2D eigenvalue weighted by Gasteiger charge is 2.12. The number of ketones is 1. The molecule has 0 bridgehead atoms. The Morgan fingerprint density at radius 3 is 2.62 bits per heavy atom. The molecule has 3 heteroatoms. The van der Waals surface area contributed by atoms with Gasteiger partial charge in [-0.25, -0.2) is 0 Å². The second kappa shape index (κ2) is 7.14. The zero-order chi connectivity index (χ0) is 11.8. The molecule has 3 nitrogen and oxygen atoms in total. The fraction of sp³-hybridized carbons (Fsp3) is 0.462. The van der Waals surface area contributed by atoms with E-state index in [4.69, 9.17) is 9.84 Å². The highest BCUT2D eigenvalue weighted by Crippen LogP contribution is 2.09. The summed E-state index contributed by atoms with van der Waals surface area (Å²) in [7, 11) is 1.60. The van der Waals surface area contributed by atoms with Gasteiger partial charge in [-0.3, -0.25) is 4.79 Å². The van der Waals surface area contributed by atoms with Gasteiger partial charge >= 0.3 is 0 Å². The number of carbonyl (C=O) groups is 1. The van der Waals surface area contributed by atoms with Crippen LogP contribution in [0.2, 0.25) is 0 Å². The van der Waals surface area contributed by atoms with Crippen LogP contribution < -0.4 is 0 Å². The van der Waals surface area contributed by atoms with Crippen LogP contribution in [0.4, 0.5) is 0 Å². The van der Waals surface area contributed by atoms with E-state index in [1.165, 1.54) is 5.56 Å². The van der Waals surface area contributed by atoms with Crippen molar-refractivity contribution in [3.05, 3.63) is 35.9 Å². The Bertz CT molecular complexity index is 308. The molecule has 1 unspecified atom stereocenters. The maximum absolute atomic E-state index is 11.1. The third-order valence-electron chi connectivity index (χ3n) is 2.56. The zero-order valence-electron chi connectivity index (χ0n) is 9.56.